The van der Waals surface area contributed by atoms with Crippen LogP contribution in [-0.2, 0) is 5.75 Å². The van der Waals surface area contributed by atoms with Gasteiger partial charge in [0.05, 0.1) is 4.92 Å². The van der Waals surface area contributed by atoms with Crippen molar-refractivity contribution in [3.8, 4) is 0 Å². The molecular weight excluding hydrogens is 252 g/mol. The third-order valence-electron chi connectivity index (χ3n) is 2.17. The predicted octanol–water partition coefficient (Wildman–Crippen LogP) is 2.26. The molecule has 0 aliphatic heterocycles. The number of rotatable bonds is 4. The van der Waals surface area contributed by atoms with Gasteiger partial charge >= 0.3 is 0 Å². The Kier molecular flexibility index (Phi) is 3.73. The second-order valence-corrected chi connectivity index (χ2v) is 4.51. The molecule has 0 aliphatic rings. The van der Waals surface area contributed by atoms with Crippen molar-refractivity contribution in [1.29, 1.82) is 0 Å². The van der Waals surface area contributed by atoms with Crippen LogP contribution in [0.4, 0.5) is 11.5 Å². The van der Waals surface area contributed by atoms with E-state index in [2.05, 4.69) is 10.2 Å². The van der Waals surface area contributed by atoms with E-state index in [9.17, 15) is 10.1 Å². The Balaban J connectivity index is 2.04. The number of hydrogen-bond donors (Lipinski definition) is 1. The van der Waals surface area contributed by atoms with Gasteiger partial charge in [-0.2, -0.15) is 0 Å². The molecule has 7 heteroatoms. The van der Waals surface area contributed by atoms with Gasteiger partial charge in [0, 0.05) is 17.9 Å². The van der Waals surface area contributed by atoms with E-state index in [0.29, 0.717) is 11.6 Å². The summed E-state index contributed by atoms with van der Waals surface area (Å²) in [6.07, 6.45) is 0. The molecule has 0 aliphatic carbocycles. The Morgan fingerprint density at radius 3 is 2.78 bits per heavy atom. The summed E-state index contributed by atoms with van der Waals surface area (Å²) in [5.74, 6) is 0.968. The number of nitro benzene ring substituents is 1. The van der Waals surface area contributed by atoms with E-state index in [0.717, 1.165) is 10.6 Å². The molecule has 0 spiro atoms. The summed E-state index contributed by atoms with van der Waals surface area (Å²) in [4.78, 5) is 10.2. The third-order valence-corrected chi connectivity index (χ3v) is 3.16. The maximum atomic E-state index is 10.6. The van der Waals surface area contributed by atoms with Crippen LogP contribution in [0, 0.1) is 10.1 Å². The normalized spacial score (nSPS) is 10.2. The van der Waals surface area contributed by atoms with E-state index < -0.39 is 4.92 Å². The molecule has 0 saturated carbocycles. The van der Waals surface area contributed by atoms with E-state index in [1.54, 1.807) is 24.3 Å². The van der Waals surface area contributed by atoms with Crippen LogP contribution in [0.3, 0.4) is 0 Å². The lowest BCUT2D eigenvalue weighted by atomic mass is 10.2. The second kappa shape index (κ2) is 5.46. The fourth-order valence-electron chi connectivity index (χ4n) is 1.32. The monoisotopic (exact) mass is 262 g/mol. The Morgan fingerprint density at radius 2 is 2.11 bits per heavy atom. The minimum Gasteiger partial charge on any atom is -0.382 e. The van der Waals surface area contributed by atoms with Crippen LogP contribution < -0.4 is 5.73 Å². The average molecular weight is 262 g/mol. The van der Waals surface area contributed by atoms with E-state index >= 15 is 0 Å². The van der Waals surface area contributed by atoms with Crippen molar-refractivity contribution in [3.63, 3.8) is 0 Å². The van der Waals surface area contributed by atoms with Crippen LogP contribution >= 0.6 is 11.8 Å². The zero-order valence-corrected chi connectivity index (χ0v) is 10.1. The Hall–Kier alpha value is -2.15. The summed E-state index contributed by atoms with van der Waals surface area (Å²) in [6.45, 7) is 0. The van der Waals surface area contributed by atoms with Crippen LogP contribution in [-0.4, -0.2) is 15.1 Å². The molecular formula is C11H10N4O2S. The van der Waals surface area contributed by atoms with Crippen molar-refractivity contribution >= 4 is 23.3 Å². The molecule has 6 nitrogen and oxygen atoms in total. The maximum Gasteiger partial charge on any atom is 0.269 e. The van der Waals surface area contributed by atoms with Gasteiger partial charge in [-0.15, -0.1) is 10.2 Å². The number of hydrogen-bond acceptors (Lipinski definition) is 6. The maximum absolute atomic E-state index is 10.6. The van der Waals surface area contributed by atoms with Crippen LogP contribution in [0.15, 0.2) is 41.4 Å². The van der Waals surface area contributed by atoms with Crippen molar-refractivity contribution in [2.45, 2.75) is 10.8 Å². The fraction of sp³-hybridized carbons (Fsp3) is 0.0909. The second-order valence-electron chi connectivity index (χ2n) is 3.51. The van der Waals surface area contributed by atoms with Gasteiger partial charge in [0.15, 0.2) is 0 Å². The summed E-state index contributed by atoms with van der Waals surface area (Å²) in [5.41, 5.74) is 6.39. The number of benzene rings is 1. The van der Waals surface area contributed by atoms with Crippen molar-refractivity contribution in [2.75, 3.05) is 5.73 Å². The largest absolute Gasteiger partial charge is 0.382 e. The number of non-ortho nitro benzene ring substituents is 1. The molecule has 0 bridgehead atoms. The Labute approximate surface area is 107 Å². The van der Waals surface area contributed by atoms with E-state index in [-0.39, 0.29) is 5.69 Å². The summed E-state index contributed by atoms with van der Waals surface area (Å²) in [5, 5.41) is 19.0. The average Bonchev–Trinajstić information content (AvgIpc) is 2.38. The van der Waals surface area contributed by atoms with Gasteiger partial charge in [-0.05, 0) is 17.7 Å². The number of nitrogen functional groups attached to an aromatic ring is 1. The van der Waals surface area contributed by atoms with Crippen LogP contribution in [0.25, 0.3) is 0 Å². The smallest absolute Gasteiger partial charge is 0.269 e. The van der Waals surface area contributed by atoms with Gasteiger partial charge < -0.3 is 5.73 Å². The van der Waals surface area contributed by atoms with Crippen LogP contribution in [0.2, 0.25) is 0 Å². The molecule has 0 atom stereocenters. The molecule has 2 aromatic rings. The first-order chi connectivity index (χ1) is 8.65. The van der Waals surface area contributed by atoms with Crippen molar-refractivity contribution in [2.24, 2.45) is 0 Å². The minimum atomic E-state index is -0.406. The standard InChI is InChI=1S/C11H10N4O2S/c12-10-4-5-11(14-13-10)18-7-8-2-1-3-9(6-8)15(16)17/h1-6H,7H2,(H2,12,13). The predicted molar refractivity (Wildman–Crippen MR) is 69.1 cm³/mol. The zero-order chi connectivity index (χ0) is 13.0. The number of anilines is 1. The SMILES string of the molecule is Nc1ccc(SCc2cccc([N+](=O)[O-])c2)nn1. The van der Waals surface area contributed by atoms with Gasteiger partial charge in [0.1, 0.15) is 10.8 Å². The third kappa shape index (κ3) is 3.17. The first kappa shape index (κ1) is 12.3. The molecule has 2 N–H and O–H groups in total. The summed E-state index contributed by atoms with van der Waals surface area (Å²) >= 11 is 1.45. The molecule has 2 rings (SSSR count). The lowest BCUT2D eigenvalue weighted by Gasteiger charge is -2.01. The first-order valence-corrected chi connectivity index (χ1v) is 6.09. The van der Waals surface area contributed by atoms with Crippen LogP contribution in [0.5, 0.6) is 0 Å². The molecule has 0 fully saturated rings. The molecule has 18 heavy (non-hydrogen) atoms. The van der Waals surface area contributed by atoms with Crippen molar-refractivity contribution in [1.82, 2.24) is 10.2 Å². The minimum absolute atomic E-state index is 0.0940. The highest BCUT2D eigenvalue weighted by Crippen LogP contribution is 2.22. The number of nitro groups is 1. The van der Waals surface area contributed by atoms with Crippen molar-refractivity contribution in [3.05, 3.63) is 52.1 Å². The van der Waals surface area contributed by atoms with Gasteiger partial charge in [-0.3, -0.25) is 10.1 Å². The summed E-state index contributed by atoms with van der Waals surface area (Å²) < 4.78 is 0. The summed E-state index contributed by atoms with van der Waals surface area (Å²) in [7, 11) is 0. The lowest BCUT2D eigenvalue weighted by molar-refractivity contribution is -0.384. The van der Waals surface area contributed by atoms with E-state index in [1.807, 2.05) is 6.07 Å². The summed E-state index contributed by atoms with van der Waals surface area (Å²) in [6, 6.07) is 9.97. The molecule has 0 unspecified atom stereocenters. The Morgan fingerprint density at radius 1 is 1.28 bits per heavy atom. The van der Waals surface area contributed by atoms with E-state index in [4.69, 9.17) is 5.73 Å². The number of nitrogens with zero attached hydrogens (tertiary/aromatic N) is 3. The zero-order valence-electron chi connectivity index (χ0n) is 9.31. The van der Waals surface area contributed by atoms with Crippen LogP contribution in [0.1, 0.15) is 5.56 Å². The Bertz CT molecular complexity index is 559. The quantitative estimate of drug-likeness (QED) is 0.516. The van der Waals surface area contributed by atoms with Gasteiger partial charge in [-0.1, -0.05) is 23.9 Å². The topological polar surface area (TPSA) is 94.9 Å². The lowest BCUT2D eigenvalue weighted by Crippen LogP contribution is -1.93. The number of aromatic nitrogens is 2. The van der Waals surface area contributed by atoms with Gasteiger partial charge in [-0.25, -0.2) is 0 Å². The van der Waals surface area contributed by atoms with Gasteiger partial charge in [0.2, 0.25) is 0 Å². The molecule has 1 aromatic carbocycles. The van der Waals surface area contributed by atoms with Gasteiger partial charge in [0.25, 0.3) is 5.69 Å². The first-order valence-electron chi connectivity index (χ1n) is 5.10. The highest BCUT2D eigenvalue weighted by Gasteiger charge is 2.06. The van der Waals surface area contributed by atoms with E-state index in [1.165, 1.54) is 17.8 Å². The molecule has 1 heterocycles. The molecule has 0 saturated heterocycles. The van der Waals surface area contributed by atoms with Crippen molar-refractivity contribution < 1.29 is 4.92 Å². The highest BCUT2D eigenvalue weighted by atomic mass is 32.2. The highest BCUT2D eigenvalue weighted by molar-refractivity contribution is 7.98. The molecule has 0 radical (unpaired) electrons. The molecule has 1 aromatic heterocycles. The fourth-order valence-corrected chi connectivity index (χ4v) is 2.08. The molecule has 0 amide bonds. The number of thioether (sulfide) groups is 1. The molecule has 92 valence electrons. The number of nitrogens with two attached hydrogens (primary N) is 1.